The van der Waals surface area contributed by atoms with Crippen molar-refractivity contribution in [2.75, 3.05) is 44.4 Å². The number of hydrogen-bond donors (Lipinski definition) is 2. The van der Waals surface area contributed by atoms with Crippen molar-refractivity contribution < 1.29 is 18.0 Å². The molecule has 44 heavy (non-hydrogen) atoms. The Morgan fingerprint density at radius 2 is 1.86 bits per heavy atom. The maximum atomic E-state index is 14.1. The fraction of sp³-hybridized carbons (Fsp3) is 0.323. The third-order valence-electron chi connectivity index (χ3n) is 7.32. The summed E-state index contributed by atoms with van der Waals surface area (Å²) in [6.45, 7) is 4.46. The molecule has 232 valence electrons. The van der Waals surface area contributed by atoms with Crippen LogP contribution in [-0.2, 0) is 12.7 Å². The Balaban J connectivity index is 0.00000442. The number of benzene rings is 2. The number of halogens is 4. The lowest BCUT2D eigenvalue weighted by atomic mass is 10.0. The maximum Gasteiger partial charge on any atom is 0.416 e. The Morgan fingerprint density at radius 3 is 2.59 bits per heavy atom. The van der Waals surface area contributed by atoms with E-state index in [9.17, 15) is 18.0 Å². The van der Waals surface area contributed by atoms with Crippen molar-refractivity contribution in [2.24, 2.45) is 5.92 Å². The molecule has 0 unspecified atom stereocenters. The molecule has 1 fully saturated rings. The molecule has 13 heteroatoms. The summed E-state index contributed by atoms with van der Waals surface area (Å²) in [5.41, 5.74) is 2.55. The van der Waals surface area contributed by atoms with Gasteiger partial charge in [0.25, 0.3) is 5.91 Å². The fourth-order valence-electron chi connectivity index (χ4n) is 5.25. The molecule has 4 aromatic rings. The van der Waals surface area contributed by atoms with Crippen molar-refractivity contribution in [3.8, 4) is 11.3 Å². The SMILES string of the molecule is Cc1ccc(NC(=O)c2ccc(CN3CC[C@@H](CN(C)C)C3)c(C(F)(F)F)c2)cc1Nc1nccc(-c2cncnc2)n1.Cl. The van der Waals surface area contributed by atoms with Gasteiger partial charge in [0.05, 0.1) is 11.3 Å². The Hall–Kier alpha value is -4.13. The van der Waals surface area contributed by atoms with Crippen LogP contribution in [0.25, 0.3) is 11.3 Å². The van der Waals surface area contributed by atoms with Crippen LogP contribution in [0.15, 0.2) is 67.4 Å². The number of alkyl halides is 3. The lowest BCUT2D eigenvalue weighted by molar-refractivity contribution is -0.138. The summed E-state index contributed by atoms with van der Waals surface area (Å²) < 4.78 is 42.3. The average molecular weight is 627 g/mol. The van der Waals surface area contributed by atoms with Crippen molar-refractivity contribution in [3.63, 3.8) is 0 Å². The van der Waals surface area contributed by atoms with E-state index in [0.717, 1.165) is 43.2 Å². The van der Waals surface area contributed by atoms with Gasteiger partial charge in [-0.3, -0.25) is 9.69 Å². The first-order valence-corrected chi connectivity index (χ1v) is 13.9. The van der Waals surface area contributed by atoms with E-state index in [2.05, 4.69) is 35.5 Å². The van der Waals surface area contributed by atoms with Gasteiger partial charge in [-0.15, -0.1) is 12.4 Å². The van der Waals surface area contributed by atoms with Crippen molar-refractivity contribution in [1.82, 2.24) is 29.7 Å². The molecule has 1 aliphatic heterocycles. The topological polar surface area (TPSA) is 99.2 Å². The highest BCUT2D eigenvalue weighted by molar-refractivity contribution is 6.04. The Labute approximate surface area is 260 Å². The first-order valence-electron chi connectivity index (χ1n) is 13.9. The first kappa shape index (κ1) is 32.8. The molecule has 1 aliphatic rings. The van der Waals surface area contributed by atoms with E-state index in [0.29, 0.717) is 28.9 Å². The number of anilines is 3. The van der Waals surface area contributed by atoms with E-state index >= 15 is 0 Å². The summed E-state index contributed by atoms with van der Waals surface area (Å²) in [6, 6.07) is 10.7. The predicted molar refractivity (Wildman–Crippen MR) is 166 cm³/mol. The number of carbonyl (C=O) groups is 1. The quantitative estimate of drug-likeness (QED) is 0.231. The molecule has 2 aromatic carbocycles. The number of likely N-dealkylation sites (tertiary alicyclic amines) is 1. The Bertz CT molecular complexity index is 1590. The zero-order valence-electron chi connectivity index (χ0n) is 24.6. The molecular formula is C31H34ClF3N8O. The zero-order valence-corrected chi connectivity index (χ0v) is 25.4. The lowest BCUT2D eigenvalue weighted by Gasteiger charge is -2.21. The van der Waals surface area contributed by atoms with Gasteiger partial charge in [0, 0.05) is 60.7 Å². The molecule has 0 aliphatic carbocycles. The van der Waals surface area contributed by atoms with Crippen LogP contribution in [0.1, 0.15) is 33.5 Å². The Morgan fingerprint density at radius 1 is 1.09 bits per heavy atom. The zero-order chi connectivity index (χ0) is 30.6. The summed E-state index contributed by atoms with van der Waals surface area (Å²) in [4.78, 5) is 34.1. The number of nitrogens with one attached hydrogen (secondary N) is 2. The molecule has 5 rings (SSSR count). The second-order valence-corrected chi connectivity index (χ2v) is 11.0. The van der Waals surface area contributed by atoms with E-state index in [1.165, 1.54) is 18.5 Å². The maximum absolute atomic E-state index is 14.1. The summed E-state index contributed by atoms with van der Waals surface area (Å²) >= 11 is 0. The molecule has 3 heterocycles. The van der Waals surface area contributed by atoms with E-state index in [1.807, 2.05) is 25.9 Å². The molecule has 0 spiro atoms. The minimum absolute atomic E-state index is 0. The number of aromatic nitrogens is 4. The van der Waals surface area contributed by atoms with Crippen LogP contribution < -0.4 is 10.6 Å². The van der Waals surface area contributed by atoms with Crippen molar-refractivity contribution in [2.45, 2.75) is 26.1 Å². The number of nitrogens with zero attached hydrogens (tertiary/aromatic N) is 6. The molecule has 1 atom stereocenters. The second-order valence-electron chi connectivity index (χ2n) is 11.0. The number of amides is 1. The van der Waals surface area contributed by atoms with E-state index in [-0.39, 0.29) is 30.1 Å². The predicted octanol–water partition coefficient (Wildman–Crippen LogP) is 6.06. The minimum Gasteiger partial charge on any atom is -0.324 e. The van der Waals surface area contributed by atoms with Crippen LogP contribution in [0.3, 0.4) is 0 Å². The van der Waals surface area contributed by atoms with Gasteiger partial charge in [0.15, 0.2) is 0 Å². The largest absolute Gasteiger partial charge is 0.416 e. The Kier molecular flexibility index (Phi) is 10.5. The van der Waals surface area contributed by atoms with Crippen LogP contribution >= 0.6 is 12.4 Å². The van der Waals surface area contributed by atoms with Crippen LogP contribution in [0.2, 0.25) is 0 Å². The van der Waals surface area contributed by atoms with E-state index in [4.69, 9.17) is 0 Å². The second kappa shape index (κ2) is 14.1. The number of carbonyl (C=O) groups excluding carboxylic acids is 1. The third-order valence-corrected chi connectivity index (χ3v) is 7.32. The standard InChI is InChI=1S/C31H33F3N8O.ClH/c1-20-4-7-25(13-28(20)40-30-37-10-8-27(39-30)24-14-35-19-36-15-24)38-29(43)22-5-6-23(26(12-22)31(32,33)34)18-42-11-9-21(17-42)16-41(2)3;/h4-8,10,12-15,19,21H,9,11,16-18H2,1-3H3,(H,38,43)(H,37,39,40);1H/t21-;/m0./s1. The van der Waals surface area contributed by atoms with Crippen LogP contribution in [0, 0.1) is 12.8 Å². The van der Waals surface area contributed by atoms with Crippen LogP contribution in [-0.4, -0.2) is 69.4 Å². The van der Waals surface area contributed by atoms with Gasteiger partial charge >= 0.3 is 6.18 Å². The summed E-state index contributed by atoms with van der Waals surface area (Å²) in [6.07, 6.45) is 2.69. The highest BCUT2D eigenvalue weighted by atomic mass is 35.5. The molecule has 1 saturated heterocycles. The van der Waals surface area contributed by atoms with Crippen molar-refractivity contribution >= 4 is 35.6 Å². The molecule has 0 bridgehead atoms. The highest BCUT2D eigenvalue weighted by Crippen LogP contribution is 2.34. The number of aryl methyl sites for hydroxylation is 1. The van der Waals surface area contributed by atoms with Gasteiger partial charge in [-0.25, -0.2) is 19.9 Å². The van der Waals surface area contributed by atoms with E-state index in [1.54, 1.807) is 42.9 Å². The highest BCUT2D eigenvalue weighted by Gasteiger charge is 2.35. The van der Waals surface area contributed by atoms with Gasteiger partial charge in [0.1, 0.15) is 6.33 Å². The van der Waals surface area contributed by atoms with Gasteiger partial charge in [-0.1, -0.05) is 12.1 Å². The van der Waals surface area contributed by atoms with Crippen molar-refractivity contribution in [1.29, 1.82) is 0 Å². The van der Waals surface area contributed by atoms with E-state index < -0.39 is 17.6 Å². The number of rotatable bonds is 9. The van der Waals surface area contributed by atoms with Crippen LogP contribution in [0.4, 0.5) is 30.5 Å². The lowest BCUT2D eigenvalue weighted by Crippen LogP contribution is -2.26. The van der Waals surface area contributed by atoms with Crippen molar-refractivity contribution in [3.05, 3.63) is 89.6 Å². The molecule has 0 saturated carbocycles. The normalized spacial score (nSPS) is 15.2. The molecular weight excluding hydrogens is 593 g/mol. The number of hydrogen-bond acceptors (Lipinski definition) is 8. The van der Waals surface area contributed by atoms with Gasteiger partial charge < -0.3 is 15.5 Å². The van der Waals surface area contributed by atoms with Gasteiger partial charge in [-0.05, 0) is 81.4 Å². The fourth-order valence-corrected chi connectivity index (χ4v) is 5.25. The molecule has 2 aromatic heterocycles. The third kappa shape index (κ3) is 8.28. The molecule has 9 nitrogen and oxygen atoms in total. The molecule has 0 radical (unpaired) electrons. The van der Waals surface area contributed by atoms with Crippen LogP contribution in [0.5, 0.6) is 0 Å². The van der Waals surface area contributed by atoms with Gasteiger partial charge in [0.2, 0.25) is 5.95 Å². The van der Waals surface area contributed by atoms with Gasteiger partial charge in [-0.2, -0.15) is 13.2 Å². The summed E-state index contributed by atoms with van der Waals surface area (Å²) in [5.74, 6) is 0.114. The molecule has 1 amide bonds. The monoisotopic (exact) mass is 626 g/mol. The molecule has 2 N–H and O–H groups in total. The first-order chi connectivity index (χ1) is 20.5. The summed E-state index contributed by atoms with van der Waals surface area (Å²) in [5, 5.41) is 5.87. The summed E-state index contributed by atoms with van der Waals surface area (Å²) in [7, 11) is 4.00. The average Bonchev–Trinajstić information content (AvgIpc) is 3.41. The minimum atomic E-state index is -4.59. The smallest absolute Gasteiger partial charge is 0.324 e.